The van der Waals surface area contributed by atoms with Gasteiger partial charge in [-0.3, -0.25) is 4.90 Å². The number of methoxy groups -OCH3 is 1. The van der Waals surface area contributed by atoms with Crippen LogP contribution in [0.1, 0.15) is 24.8 Å². The van der Waals surface area contributed by atoms with Gasteiger partial charge in [-0.15, -0.1) is 0 Å². The second-order valence-electron chi connectivity index (χ2n) is 6.46. The van der Waals surface area contributed by atoms with E-state index in [1.165, 1.54) is 0 Å². The topological polar surface area (TPSA) is 21.7 Å². The van der Waals surface area contributed by atoms with Gasteiger partial charge in [-0.1, -0.05) is 18.2 Å². The Morgan fingerprint density at radius 2 is 2.00 bits per heavy atom. The van der Waals surface area contributed by atoms with Gasteiger partial charge >= 0.3 is 0 Å². The summed E-state index contributed by atoms with van der Waals surface area (Å²) in [4.78, 5) is 2.55. The molecule has 2 atom stereocenters. The van der Waals surface area contributed by atoms with Crippen molar-refractivity contribution in [3.05, 3.63) is 35.6 Å². The zero-order valence-electron chi connectivity index (χ0n) is 13.3. The van der Waals surface area contributed by atoms with Gasteiger partial charge in [0.1, 0.15) is 5.82 Å². The normalized spacial score (nSPS) is 27.9. The van der Waals surface area contributed by atoms with E-state index in [9.17, 15) is 4.39 Å². The third-order valence-corrected chi connectivity index (χ3v) is 5.18. The summed E-state index contributed by atoms with van der Waals surface area (Å²) in [6.45, 7) is 3.79. The summed E-state index contributed by atoms with van der Waals surface area (Å²) in [6.07, 6.45) is 4.27. The summed E-state index contributed by atoms with van der Waals surface area (Å²) in [7, 11) is 1.78. The van der Waals surface area contributed by atoms with Crippen LogP contribution in [0.15, 0.2) is 24.3 Å². The van der Waals surface area contributed by atoms with Gasteiger partial charge in [0.05, 0.1) is 6.10 Å². The van der Waals surface area contributed by atoms with Crippen LogP contribution in [-0.4, -0.2) is 50.5 Å². The largest absolute Gasteiger partial charge is 0.381 e. The predicted molar refractivity (Wildman–Crippen MR) is 84.4 cm³/mol. The summed E-state index contributed by atoms with van der Waals surface area (Å²) < 4.78 is 25.1. The molecule has 0 spiro atoms. The van der Waals surface area contributed by atoms with E-state index in [0.717, 1.165) is 57.6 Å². The molecule has 0 saturated carbocycles. The molecule has 2 heterocycles. The van der Waals surface area contributed by atoms with Gasteiger partial charge in [0.15, 0.2) is 0 Å². The Labute approximate surface area is 132 Å². The number of ether oxygens (including phenoxy) is 2. The third-order valence-electron chi connectivity index (χ3n) is 5.18. The lowest BCUT2D eigenvalue weighted by Crippen LogP contribution is -2.51. The van der Waals surface area contributed by atoms with E-state index < -0.39 is 0 Å². The first kappa shape index (κ1) is 15.9. The highest BCUT2D eigenvalue weighted by atomic mass is 19.1. The van der Waals surface area contributed by atoms with Crippen LogP contribution < -0.4 is 0 Å². The first-order valence-corrected chi connectivity index (χ1v) is 8.36. The SMILES string of the molecule is CO[C@H]1CN(C2CCOCC2)CC[C@@H]1Cc1ccccc1F. The lowest BCUT2D eigenvalue weighted by atomic mass is 9.86. The van der Waals surface area contributed by atoms with E-state index in [0.29, 0.717) is 12.0 Å². The minimum atomic E-state index is -0.0933. The molecule has 2 saturated heterocycles. The number of hydrogen-bond donors (Lipinski definition) is 0. The molecule has 2 aliphatic heterocycles. The predicted octanol–water partition coefficient (Wildman–Crippen LogP) is 2.88. The number of likely N-dealkylation sites (tertiary alicyclic amines) is 1. The van der Waals surface area contributed by atoms with Crippen LogP contribution in [0.3, 0.4) is 0 Å². The van der Waals surface area contributed by atoms with Crippen LogP contribution in [0.5, 0.6) is 0 Å². The van der Waals surface area contributed by atoms with E-state index in [-0.39, 0.29) is 11.9 Å². The molecule has 22 heavy (non-hydrogen) atoms. The highest BCUT2D eigenvalue weighted by molar-refractivity contribution is 5.18. The maximum absolute atomic E-state index is 13.9. The van der Waals surface area contributed by atoms with E-state index in [1.807, 2.05) is 12.1 Å². The van der Waals surface area contributed by atoms with Crippen molar-refractivity contribution >= 4 is 0 Å². The van der Waals surface area contributed by atoms with Crippen LogP contribution in [0.2, 0.25) is 0 Å². The van der Waals surface area contributed by atoms with Crippen molar-refractivity contribution in [1.29, 1.82) is 0 Å². The molecule has 0 unspecified atom stereocenters. The average molecular weight is 307 g/mol. The minimum absolute atomic E-state index is 0.0933. The molecule has 0 aromatic heterocycles. The van der Waals surface area contributed by atoms with E-state index in [1.54, 1.807) is 19.2 Å². The Morgan fingerprint density at radius 1 is 1.23 bits per heavy atom. The smallest absolute Gasteiger partial charge is 0.126 e. The van der Waals surface area contributed by atoms with Crippen molar-refractivity contribution in [3.63, 3.8) is 0 Å². The molecule has 1 aromatic carbocycles. The summed E-state index contributed by atoms with van der Waals surface area (Å²) in [6, 6.07) is 7.74. The van der Waals surface area contributed by atoms with Crippen molar-refractivity contribution in [2.24, 2.45) is 5.92 Å². The van der Waals surface area contributed by atoms with Gasteiger partial charge in [0.2, 0.25) is 0 Å². The fourth-order valence-electron chi connectivity index (χ4n) is 3.82. The maximum Gasteiger partial charge on any atom is 0.126 e. The van der Waals surface area contributed by atoms with E-state index >= 15 is 0 Å². The number of nitrogens with zero attached hydrogens (tertiary/aromatic N) is 1. The molecule has 3 nitrogen and oxygen atoms in total. The van der Waals surface area contributed by atoms with Crippen molar-refractivity contribution in [2.45, 2.75) is 37.8 Å². The van der Waals surface area contributed by atoms with Crippen LogP contribution >= 0.6 is 0 Å². The number of benzene rings is 1. The van der Waals surface area contributed by atoms with Crippen LogP contribution in [-0.2, 0) is 15.9 Å². The molecule has 3 rings (SSSR count). The lowest BCUT2D eigenvalue weighted by Gasteiger charge is -2.43. The fraction of sp³-hybridized carbons (Fsp3) is 0.667. The zero-order chi connectivity index (χ0) is 15.4. The first-order valence-electron chi connectivity index (χ1n) is 8.36. The van der Waals surface area contributed by atoms with E-state index in [4.69, 9.17) is 9.47 Å². The van der Waals surface area contributed by atoms with Crippen molar-refractivity contribution in [3.8, 4) is 0 Å². The van der Waals surface area contributed by atoms with Crippen molar-refractivity contribution < 1.29 is 13.9 Å². The molecule has 2 aliphatic rings. The second kappa shape index (κ2) is 7.53. The van der Waals surface area contributed by atoms with Crippen LogP contribution in [0.4, 0.5) is 4.39 Å². The van der Waals surface area contributed by atoms with E-state index in [2.05, 4.69) is 4.90 Å². The number of halogens is 1. The standard InChI is InChI=1S/C18H26FNO2/c1-21-18-13-20(16-7-10-22-11-8-16)9-6-15(18)12-14-4-2-3-5-17(14)19/h2-5,15-16,18H,6-13H2,1H3/t15-,18+/m1/s1. The Hall–Kier alpha value is -0.970. The van der Waals surface area contributed by atoms with Gasteiger partial charge in [-0.05, 0) is 49.8 Å². The average Bonchev–Trinajstić information content (AvgIpc) is 2.58. The number of piperidine rings is 1. The molecule has 0 bridgehead atoms. The van der Waals surface area contributed by atoms with Gasteiger partial charge < -0.3 is 9.47 Å². The lowest BCUT2D eigenvalue weighted by molar-refractivity contribution is -0.0450. The minimum Gasteiger partial charge on any atom is -0.381 e. The summed E-state index contributed by atoms with van der Waals surface area (Å²) in [5.74, 6) is 0.308. The van der Waals surface area contributed by atoms with Gasteiger partial charge in [-0.25, -0.2) is 4.39 Å². The first-order chi connectivity index (χ1) is 10.8. The Morgan fingerprint density at radius 3 is 2.73 bits per heavy atom. The number of hydrogen-bond acceptors (Lipinski definition) is 3. The molecule has 0 amide bonds. The maximum atomic E-state index is 13.9. The van der Waals surface area contributed by atoms with Crippen LogP contribution in [0.25, 0.3) is 0 Å². The highest BCUT2D eigenvalue weighted by Gasteiger charge is 2.33. The fourth-order valence-corrected chi connectivity index (χ4v) is 3.82. The zero-order valence-corrected chi connectivity index (χ0v) is 13.3. The molecule has 1 aromatic rings. The van der Waals surface area contributed by atoms with Crippen molar-refractivity contribution in [1.82, 2.24) is 4.90 Å². The summed E-state index contributed by atoms with van der Waals surface area (Å²) in [5.41, 5.74) is 0.814. The van der Waals surface area contributed by atoms with Crippen molar-refractivity contribution in [2.75, 3.05) is 33.4 Å². The second-order valence-corrected chi connectivity index (χ2v) is 6.46. The molecule has 0 radical (unpaired) electrons. The Balaban J connectivity index is 1.61. The third kappa shape index (κ3) is 3.67. The highest BCUT2D eigenvalue weighted by Crippen LogP contribution is 2.28. The van der Waals surface area contributed by atoms with Gasteiger partial charge in [0.25, 0.3) is 0 Å². The molecule has 122 valence electrons. The molecule has 4 heteroatoms. The monoisotopic (exact) mass is 307 g/mol. The number of rotatable bonds is 4. The van der Waals surface area contributed by atoms with Gasteiger partial charge in [0, 0.05) is 32.9 Å². The Kier molecular flexibility index (Phi) is 5.45. The Bertz CT molecular complexity index is 476. The quantitative estimate of drug-likeness (QED) is 0.854. The summed E-state index contributed by atoms with van der Waals surface area (Å²) in [5, 5.41) is 0. The van der Waals surface area contributed by atoms with Gasteiger partial charge in [-0.2, -0.15) is 0 Å². The molecule has 2 fully saturated rings. The molecule has 0 aliphatic carbocycles. The molecular formula is C18H26FNO2. The molecule has 0 N–H and O–H groups in total. The molecular weight excluding hydrogens is 281 g/mol. The van der Waals surface area contributed by atoms with Crippen LogP contribution in [0, 0.1) is 11.7 Å². The summed E-state index contributed by atoms with van der Waals surface area (Å²) >= 11 is 0.